The Bertz CT molecular complexity index is 1120. The number of rotatable bonds is 3. The Morgan fingerprint density at radius 1 is 0.750 bits per heavy atom. The van der Waals surface area contributed by atoms with Gasteiger partial charge in [0.05, 0.1) is 5.69 Å². The lowest BCUT2D eigenvalue weighted by atomic mass is 10.1. The Labute approximate surface area is 180 Å². The van der Waals surface area contributed by atoms with E-state index in [4.69, 9.17) is 0 Å². The van der Waals surface area contributed by atoms with Crippen molar-refractivity contribution >= 4 is 11.8 Å². The lowest BCUT2D eigenvalue weighted by Gasteiger charge is -2.35. The van der Waals surface area contributed by atoms with Gasteiger partial charge in [0.25, 0.3) is 11.8 Å². The van der Waals surface area contributed by atoms with Gasteiger partial charge in [0.1, 0.15) is 5.82 Å². The second-order valence-electron chi connectivity index (χ2n) is 7.28. The molecule has 0 bridgehead atoms. The molecule has 2 aromatic carbocycles. The molecule has 1 fully saturated rings. The van der Waals surface area contributed by atoms with Crippen LogP contribution in [0.1, 0.15) is 26.4 Å². The zero-order valence-corrected chi connectivity index (χ0v) is 16.7. The van der Waals surface area contributed by atoms with Crippen LogP contribution >= 0.6 is 0 Å². The number of alkyl halides is 3. The SMILES string of the molecule is O=C(c1ccc(F)cc1)N1CCN(C(=O)c2ccc(-n3ccc(C(F)(F)F)n3)cc2)CC1. The van der Waals surface area contributed by atoms with E-state index in [0.29, 0.717) is 43.0 Å². The van der Waals surface area contributed by atoms with Gasteiger partial charge in [0, 0.05) is 43.5 Å². The molecule has 2 heterocycles. The molecule has 0 unspecified atom stereocenters. The molecule has 32 heavy (non-hydrogen) atoms. The van der Waals surface area contributed by atoms with Crippen LogP contribution in [0.15, 0.2) is 60.8 Å². The standard InChI is InChI=1S/C22H18F4N4O2/c23-17-5-1-15(2-6-17)20(31)28-11-13-29(14-12-28)21(32)16-3-7-18(8-4-16)30-10-9-19(27-30)22(24,25)26/h1-10H,11-14H2. The van der Waals surface area contributed by atoms with Gasteiger partial charge in [-0.3, -0.25) is 9.59 Å². The monoisotopic (exact) mass is 446 g/mol. The topological polar surface area (TPSA) is 58.4 Å². The van der Waals surface area contributed by atoms with Gasteiger partial charge in [-0.05, 0) is 54.6 Å². The molecule has 0 spiro atoms. The molecular weight excluding hydrogens is 428 g/mol. The molecular formula is C22H18F4N4O2. The minimum Gasteiger partial charge on any atom is -0.335 e. The van der Waals surface area contributed by atoms with Crippen molar-refractivity contribution < 1.29 is 27.2 Å². The van der Waals surface area contributed by atoms with Crippen molar-refractivity contribution in [2.75, 3.05) is 26.2 Å². The third-order valence-electron chi connectivity index (χ3n) is 5.20. The van der Waals surface area contributed by atoms with Crippen LogP contribution in [0.2, 0.25) is 0 Å². The molecule has 0 radical (unpaired) electrons. The summed E-state index contributed by atoms with van der Waals surface area (Å²) in [6.07, 6.45) is -3.32. The minimum absolute atomic E-state index is 0.223. The van der Waals surface area contributed by atoms with E-state index in [-0.39, 0.29) is 11.8 Å². The Hall–Kier alpha value is -3.69. The fraction of sp³-hybridized carbons (Fsp3) is 0.227. The Morgan fingerprint density at radius 2 is 1.22 bits per heavy atom. The van der Waals surface area contributed by atoms with Crippen molar-refractivity contribution in [3.8, 4) is 5.69 Å². The van der Waals surface area contributed by atoms with E-state index in [0.717, 1.165) is 10.7 Å². The van der Waals surface area contributed by atoms with Crippen LogP contribution in [0.25, 0.3) is 5.69 Å². The van der Waals surface area contributed by atoms with E-state index < -0.39 is 17.7 Å². The number of hydrogen-bond donors (Lipinski definition) is 0. The highest BCUT2D eigenvalue weighted by atomic mass is 19.4. The fourth-order valence-electron chi connectivity index (χ4n) is 3.45. The van der Waals surface area contributed by atoms with Crippen molar-refractivity contribution in [3.05, 3.63) is 83.4 Å². The third-order valence-corrected chi connectivity index (χ3v) is 5.20. The van der Waals surface area contributed by atoms with E-state index in [9.17, 15) is 27.2 Å². The number of piperazine rings is 1. The summed E-state index contributed by atoms with van der Waals surface area (Å²) in [6, 6.07) is 12.3. The second kappa shape index (κ2) is 8.45. The molecule has 4 rings (SSSR count). The molecule has 10 heteroatoms. The molecule has 0 saturated carbocycles. The average molecular weight is 446 g/mol. The molecule has 1 aliphatic rings. The number of nitrogens with zero attached hydrogens (tertiary/aromatic N) is 4. The lowest BCUT2D eigenvalue weighted by Crippen LogP contribution is -2.50. The van der Waals surface area contributed by atoms with Gasteiger partial charge in [-0.15, -0.1) is 0 Å². The Kier molecular flexibility index (Phi) is 5.68. The largest absolute Gasteiger partial charge is 0.435 e. The van der Waals surface area contributed by atoms with Crippen molar-refractivity contribution in [3.63, 3.8) is 0 Å². The van der Waals surface area contributed by atoms with Crippen LogP contribution in [0.4, 0.5) is 17.6 Å². The van der Waals surface area contributed by atoms with E-state index in [2.05, 4.69) is 5.10 Å². The van der Waals surface area contributed by atoms with E-state index in [1.165, 1.54) is 54.7 Å². The van der Waals surface area contributed by atoms with Crippen LogP contribution in [0, 0.1) is 5.82 Å². The van der Waals surface area contributed by atoms with Gasteiger partial charge >= 0.3 is 6.18 Å². The van der Waals surface area contributed by atoms with Crippen LogP contribution in [-0.4, -0.2) is 57.6 Å². The third kappa shape index (κ3) is 4.48. The molecule has 166 valence electrons. The van der Waals surface area contributed by atoms with Crippen molar-refractivity contribution in [2.24, 2.45) is 0 Å². The summed E-state index contributed by atoms with van der Waals surface area (Å²) in [5.74, 6) is -0.878. The average Bonchev–Trinajstić information content (AvgIpc) is 3.30. The van der Waals surface area contributed by atoms with Gasteiger partial charge in [-0.1, -0.05) is 0 Å². The maximum Gasteiger partial charge on any atom is 0.435 e. The number of halogens is 4. The van der Waals surface area contributed by atoms with Gasteiger partial charge in [-0.2, -0.15) is 18.3 Å². The zero-order chi connectivity index (χ0) is 22.9. The van der Waals surface area contributed by atoms with E-state index in [1.807, 2.05) is 0 Å². The number of carbonyl (C=O) groups excluding carboxylic acids is 2. The minimum atomic E-state index is -4.53. The number of benzene rings is 2. The first-order valence-electron chi connectivity index (χ1n) is 9.80. The van der Waals surface area contributed by atoms with Crippen LogP contribution in [-0.2, 0) is 6.18 Å². The molecule has 0 aliphatic carbocycles. The Balaban J connectivity index is 1.37. The maximum absolute atomic E-state index is 13.0. The molecule has 2 amide bonds. The zero-order valence-electron chi connectivity index (χ0n) is 16.7. The quantitative estimate of drug-likeness (QED) is 0.578. The first-order chi connectivity index (χ1) is 15.2. The molecule has 3 aromatic rings. The number of aromatic nitrogens is 2. The first kappa shape index (κ1) is 21.5. The van der Waals surface area contributed by atoms with Crippen LogP contribution < -0.4 is 0 Å². The van der Waals surface area contributed by atoms with Crippen LogP contribution in [0.3, 0.4) is 0 Å². The van der Waals surface area contributed by atoms with E-state index in [1.54, 1.807) is 9.80 Å². The van der Waals surface area contributed by atoms with Crippen LogP contribution in [0.5, 0.6) is 0 Å². The number of hydrogen-bond acceptors (Lipinski definition) is 3. The predicted octanol–water partition coefficient (Wildman–Crippen LogP) is 3.63. The highest BCUT2D eigenvalue weighted by molar-refractivity contribution is 5.96. The molecule has 1 aliphatic heterocycles. The summed E-state index contributed by atoms with van der Waals surface area (Å²) in [7, 11) is 0. The Morgan fingerprint density at radius 3 is 1.66 bits per heavy atom. The molecule has 0 atom stereocenters. The van der Waals surface area contributed by atoms with Gasteiger partial charge < -0.3 is 9.80 Å². The summed E-state index contributed by atoms with van der Waals surface area (Å²) < 4.78 is 52.3. The first-order valence-corrected chi connectivity index (χ1v) is 9.80. The van der Waals surface area contributed by atoms with Gasteiger partial charge in [0.15, 0.2) is 5.69 Å². The molecule has 1 aromatic heterocycles. The normalized spacial score (nSPS) is 14.5. The highest BCUT2D eigenvalue weighted by Gasteiger charge is 2.33. The smallest absolute Gasteiger partial charge is 0.335 e. The lowest BCUT2D eigenvalue weighted by molar-refractivity contribution is -0.141. The molecule has 6 nitrogen and oxygen atoms in total. The van der Waals surface area contributed by atoms with Gasteiger partial charge in [-0.25, -0.2) is 9.07 Å². The van der Waals surface area contributed by atoms with Crippen molar-refractivity contribution in [1.82, 2.24) is 19.6 Å². The van der Waals surface area contributed by atoms with Crippen molar-refractivity contribution in [1.29, 1.82) is 0 Å². The maximum atomic E-state index is 13.0. The number of amides is 2. The summed E-state index contributed by atoms with van der Waals surface area (Å²) in [5.41, 5.74) is 0.168. The van der Waals surface area contributed by atoms with Crippen molar-refractivity contribution in [2.45, 2.75) is 6.18 Å². The second-order valence-corrected chi connectivity index (χ2v) is 7.28. The summed E-state index contributed by atoms with van der Waals surface area (Å²) in [5, 5.41) is 3.51. The summed E-state index contributed by atoms with van der Waals surface area (Å²) in [4.78, 5) is 28.5. The highest BCUT2D eigenvalue weighted by Crippen LogP contribution is 2.28. The van der Waals surface area contributed by atoms with Gasteiger partial charge in [0.2, 0.25) is 0 Å². The fourth-order valence-corrected chi connectivity index (χ4v) is 3.45. The summed E-state index contributed by atoms with van der Waals surface area (Å²) >= 11 is 0. The summed E-state index contributed by atoms with van der Waals surface area (Å²) in [6.45, 7) is 1.35. The molecule has 0 N–H and O–H groups in total. The molecule has 1 saturated heterocycles. The number of carbonyl (C=O) groups is 2. The van der Waals surface area contributed by atoms with E-state index >= 15 is 0 Å². The predicted molar refractivity (Wildman–Crippen MR) is 107 cm³/mol.